The predicted octanol–water partition coefficient (Wildman–Crippen LogP) is 2.41. The van der Waals surface area contributed by atoms with E-state index >= 15 is 0 Å². The van der Waals surface area contributed by atoms with E-state index in [9.17, 15) is 9.59 Å². The number of carbonyl (C=O) groups excluding carboxylic acids is 2. The van der Waals surface area contributed by atoms with E-state index < -0.39 is 0 Å². The lowest BCUT2D eigenvalue weighted by molar-refractivity contribution is -0.132. The first-order valence-corrected chi connectivity index (χ1v) is 10.6. The van der Waals surface area contributed by atoms with E-state index in [1.807, 2.05) is 35.2 Å². The van der Waals surface area contributed by atoms with Crippen LogP contribution in [0.25, 0.3) is 0 Å². The largest absolute Gasteiger partial charge is 0.497 e. The molecule has 7 nitrogen and oxygen atoms in total. The van der Waals surface area contributed by atoms with Gasteiger partial charge in [-0.2, -0.15) is 0 Å². The van der Waals surface area contributed by atoms with Gasteiger partial charge in [0.25, 0.3) is 0 Å². The van der Waals surface area contributed by atoms with Crippen molar-refractivity contribution in [2.45, 2.75) is 25.4 Å². The minimum atomic E-state index is -0.0759. The second-order valence-electron chi connectivity index (χ2n) is 7.47. The Labute approximate surface area is 187 Å². The molecule has 1 aliphatic heterocycles. The van der Waals surface area contributed by atoms with Crippen molar-refractivity contribution >= 4 is 23.4 Å². The lowest BCUT2D eigenvalue weighted by Gasteiger charge is -2.33. The summed E-state index contributed by atoms with van der Waals surface area (Å²) in [7, 11) is 3.17. The molecule has 1 saturated heterocycles. The molecule has 1 fully saturated rings. The third-order valence-corrected chi connectivity index (χ3v) is 5.56. The number of nitrogens with zero attached hydrogens (tertiary/aromatic N) is 1. The minimum Gasteiger partial charge on any atom is -0.497 e. The fourth-order valence-electron chi connectivity index (χ4n) is 3.54. The normalized spacial score (nSPS) is 16.0. The number of ether oxygens (including phenoxy) is 2. The first kappa shape index (κ1) is 22.9. The molecule has 0 bridgehead atoms. The minimum absolute atomic E-state index is 0.0601. The summed E-state index contributed by atoms with van der Waals surface area (Å²) in [6.45, 7) is 2.20. The molecule has 2 aromatic rings. The quantitative estimate of drug-likeness (QED) is 0.652. The van der Waals surface area contributed by atoms with Gasteiger partial charge in [0.05, 0.1) is 25.7 Å². The Kier molecular flexibility index (Phi) is 8.14. The van der Waals surface area contributed by atoms with Crippen molar-refractivity contribution in [3.05, 3.63) is 58.6 Å². The van der Waals surface area contributed by atoms with Crippen LogP contribution in [0.5, 0.6) is 11.5 Å². The molecule has 2 amide bonds. The molecule has 0 aromatic heterocycles. The smallest absolute Gasteiger partial charge is 0.227 e. The van der Waals surface area contributed by atoms with Crippen molar-refractivity contribution < 1.29 is 19.1 Å². The molecular formula is C23H28ClN3O4. The van der Waals surface area contributed by atoms with Crippen LogP contribution in [0.3, 0.4) is 0 Å². The molecule has 0 saturated carbocycles. The van der Waals surface area contributed by atoms with Crippen LogP contribution in [0.4, 0.5) is 0 Å². The average molecular weight is 446 g/mol. The highest BCUT2D eigenvalue weighted by Crippen LogP contribution is 2.24. The van der Waals surface area contributed by atoms with Crippen molar-refractivity contribution in [1.82, 2.24) is 15.5 Å². The summed E-state index contributed by atoms with van der Waals surface area (Å²) in [4.78, 5) is 26.9. The van der Waals surface area contributed by atoms with Gasteiger partial charge in [-0.1, -0.05) is 29.8 Å². The van der Waals surface area contributed by atoms with Gasteiger partial charge >= 0.3 is 0 Å². The Bertz CT molecular complexity index is 904. The number of rotatable bonds is 8. The molecular weight excluding hydrogens is 418 g/mol. The number of benzene rings is 2. The van der Waals surface area contributed by atoms with E-state index in [1.165, 1.54) is 0 Å². The van der Waals surface area contributed by atoms with Crippen molar-refractivity contribution in [3.8, 4) is 11.5 Å². The average Bonchev–Trinajstić information content (AvgIpc) is 2.78. The number of piperazine rings is 1. The van der Waals surface area contributed by atoms with Crippen molar-refractivity contribution in [1.29, 1.82) is 0 Å². The van der Waals surface area contributed by atoms with Gasteiger partial charge in [0.15, 0.2) is 0 Å². The molecule has 1 heterocycles. The maximum absolute atomic E-state index is 12.7. The highest BCUT2D eigenvalue weighted by Gasteiger charge is 2.25. The number of nitrogens with one attached hydrogen (secondary N) is 2. The van der Waals surface area contributed by atoms with Gasteiger partial charge in [-0.25, -0.2) is 0 Å². The molecule has 0 spiro atoms. The lowest BCUT2D eigenvalue weighted by atomic mass is 10.1. The Morgan fingerprint density at radius 1 is 1.13 bits per heavy atom. The zero-order chi connectivity index (χ0) is 22.2. The highest BCUT2D eigenvalue weighted by atomic mass is 35.5. The van der Waals surface area contributed by atoms with Gasteiger partial charge < -0.3 is 25.0 Å². The van der Waals surface area contributed by atoms with E-state index in [2.05, 4.69) is 10.6 Å². The predicted molar refractivity (Wildman–Crippen MR) is 120 cm³/mol. The van der Waals surface area contributed by atoms with Crippen LogP contribution in [0, 0.1) is 0 Å². The van der Waals surface area contributed by atoms with Gasteiger partial charge in [-0.05, 0) is 35.4 Å². The molecule has 0 radical (unpaired) electrons. The molecule has 2 N–H and O–H groups in total. The van der Waals surface area contributed by atoms with Crippen LogP contribution in [-0.4, -0.2) is 56.6 Å². The van der Waals surface area contributed by atoms with E-state index in [0.29, 0.717) is 49.8 Å². The number of amides is 2. The Morgan fingerprint density at radius 2 is 1.87 bits per heavy atom. The lowest BCUT2D eigenvalue weighted by Crippen LogP contribution is -2.54. The summed E-state index contributed by atoms with van der Waals surface area (Å²) in [5, 5.41) is 6.75. The van der Waals surface area contributed by atoms with Crippen LogP contribution in [-0.2, 0) is 22.6 Å². The third-order valence-electron chi connectivity index (χ3n) is 5.26. The first-order valence-electron chi connectivity index (χ1n) is 10.2. The summed E-state index contributed by atoms with van der Waals surface area (Å²) in [5.41, 5.74) is 1.84. The van der Waals surface area contributed by atoms with Crippen molar-refractivity contribution in [3.63, 3.8) is 0 Å². The zero-order valence-corrected chi connectivity index (χ0v) is 18.6. The van der Waals surface area contributed by atoms with Crippen molar-refractivity contribution in [2.24, 2.45) is 0 Å². The zero-order valence-electron chi connectivity index (χ0n) is 17.8. The fraction of sp³-hybridized carbons (Fsp3) is 0.391. The highest BCUT2D eigenvalue weighted by molar-refractivity contribution is 6.32. The molecule has 2 aromatic carbocycles. The van der Waals surface area contributed by atoms with E-state index in [0.717, 1.165) is 16.9 Å². The molecule has 1 unspecified atom stereocenters. The van der Waals surface area contributed by atoms with Gasteiger partial charge in [0.1, 0.15) is 11.5 Å². The van der Waals surface area contributed by atoms with Crippen LogP contribution >= 0.6 is 11.6 Å². The Morgan fingerprint density at radius 3 is 2.55 bits per heavy atom. The van der Waals surface area contributed by atoms with E-state index in [1.54, 1.807) is 26.4 Å². The molecule has 1 aliphatic rings. The fourth-order valence-corrected chi connectivity index (χ4v) is 3.82. The Balaban J connectivity index is 1.46. The van der Waals surface area contributed by atoms with Crippen LogP contribution in [0.15, 0.2) is 42.5 Å². The second kappa shape index (κ2) is 11.0. The summed E-state index contributed by atoms with van der Waals surface area (Å²) in [6, 6.07) is 12.8. The molecule has 3 rings (SSSR count). The van der Waals surface area contributed by atoms with Crippen LogP contribution in [0.2, 0.25) is 5.02 Å². The molecule has 0 aliphatic carbocycles. The SMILES string of the molecule is COc1ccc(CC(=O)N2CCNC(CC(=O)NCc3ccc(OC)c(Cl)c3)C2)cc1. The molecule has 8 heteroatoms. The number of hydrogen-bond donors (Lipinski definition) is 2. The standard InChI is InChI=1S/C23H28ClN3O4/c1-30-19-6-3-16(4-7-19)12-23(29)27-10-9-25-18(15-27)13-22(28)26-14-17-5-8-21(31-2)20(24)11-17/h3-8,11,18,25H,9-10,12-15H2,1-2H3,(H,26,28). The summed E-state index contributed by atoms with van der Waals surface area (Å²) < 4.78 is 10.3. The van der Waals surface area contributed by atoms with E-state index in [4.69, 9.17) is 21.1 Å². The first-order chi connectivity index (χ1) is 15.0. The maximum atomic E-state index is 12.7. The number of hydrogen-bond acceptors (Lipinski definition) is 5. The summed E-state index contributed by atoms with van der Waals surface area (Å²) >= 11 is 6.13. The summed E-state index contributed by atoms with van der Waals surface area (Å²) in [5.74, 6) is 1.35. The number of carbonyl (C=O) groups is 2. The van der Waals surface area contributed by atoms with Crippen LogP contribution < -0.4 is 20.1 Å². The van der Waals surface area contributed by atoms with Gasteiger partial charge in [0.2, 0.25) is 11.8 Å². The maximum Gasteiger partial charge on any atom is 0.227 e. The third kappa shape index (κ3) is 6.60. The molecule has 166 valence electrons. The number of halogens is 1. The monoisotopic (exact) mass is 445 g/mol. The van der Waals surface area contributed by atoms with E-state index in [-0.39, 0.29) is 17.9 Å². The topological polar surface area (TPSA) is 79.9 Å². The summed E-state index contributed by atoms with van der Waals surface area (Å²) in [6.07, 6.45) is 0.636. The van der Waals surface area contributed by atoms with Gasteiger partial charge in [0, 0.05) is 38.6 Å². The second-order valence-corrected chi connectivity index (χ2v) is 7.87. The van der Waals surface area contributed by atoms with Gasteiger partial charge in [-0.3, -0.25) is 9.59 Å². The van der Waals surface area contributed by atoms with Crippen molar-refractivity contribution in [2.75, 3.05) is 33.9 Å². The molecule has 1 atom stereocenters. The van der Waals surface area contributed by atoms with Gasteiger partial charge in [-0.15, -0.1) is 0 Å². The Hall–Kier alpha value is -2.77. The molecule has 31 heavy (non-hydrogen) atoms. The van der Waals surface area contributed by atoms with Crippen LogP contribution in [0.1, 0.15) is 17.5 Å². The number of methoxy groups -OCH3 is 2.